The van der Waals surface area contributed by atoms with Crippen LogP contribution in [0.15, 0.2) is 51.9 Å². The molecular weight excluding hydrogens is 344 g/mol. The average Bonchev–Trinajstić information content (AvgIpc) is 3.13. The van der Waals surface area contributed by atoms with Crippen molar-refractivity contribution in [2.45, 2.75) is 6.92 Å². The molecule has 4 nitrogen and oxygen atoms in total. The normalized spacial score (nSPS) is 12.4. The Morgan fingerprint density at radius 1 is 1.25 bits per heavy atom. The molecule has 0 N–H and O–H groups in total. The number of carbonyl (C=O) groups excluding carboxylic acids is 1. The lowest BCUT2D eigenvalue weighted by Crippen LogP contribution is -2.13. The number of para-hydroxylation sites is 1. The summed E-state index contributed by atoms with van der Waals surface area (Å²) in [4.78, 5) is 17.3. The third-order valence-electron chi connectivity index (χ3n) is 3.98. The largest absolute Gasteiger partial charge is 0.451 e. The minimum Gasteiger partial charge on any atom is -0.451 e. The van der Waals surface area contributed by atoms with Gasteiger partial charge in [0.1, 0.15) is 5.58 Å². The van der Waals surface area contributed by atoms with Crippen molar-refractivity contribution < 1.29 is 9.21 Å². The Hall–Kier alpha value is -2.37. The van der Waals surface area contributed by atoms with Crippen LogP contribution in [0.3, 0.4) is 0 Å². The van der Waals surface area contributed by atoms with Gasteiger partial charge in [-0.3, -0.25) is 4.79 Å². The number of halogens is 1. The first kappa shape index (κ1) is 15.2. The SMILES string of the molecule is Cc1c(Cl)ccc2sc(=NC(=O)c3cc4ccccc4o3)n(C)c12. The van der Waals surface area contributed by atoms with Crippen LogP contribution >= 0.6 is 22.9 Å². The second kappa shape index (κ2) is 5.61. The molecule has 2 aromatic heterocycles. The van der Waals surface area contributed by atoms with Crippen molar-refractivity contribution in [1.29, 1.82) is 0 Å². The van der Waals surface area contributed by atoms with Crippen LogP contribution < -0.4 is 4.80 Å². The van der Waals surface area contributed by atoms with Crippen LogP contribution in [0.25, 0.3) is 21.2 Å². The minimum absolute atomic E-state index is 0.239. The molecule has 0 aliphatic heterocycles. The van der Waals surface area contributed by atoms with Crippen LogP contribution in [-0.4, -0.2) is 10.5 Å². The summed E-state index contributed by atoms with van der Waals surface area (Å²) in [5.74, 6) is -0.152. The van der Waals surface area contributed by atoms with E-state index in [1.165, 1.54) is 11.3 Å². The molecule has 0 unspecified atom stereocenters. The summed E-state index contributed by atoms with van der Waals surface area (Å²) in [6.07, 6.45) is 0. The van der Waals surface area contributed by atoms with E-state index in [2.05, 4.69) is 4.99 Å². The molecule has 6 heteroatoms. The number of hydrogen-bond donors (Lipinski definition) is 0. The highest BCUT2D eigenvalue weighted by atomic mass is 35.5. The molecule has 0 atom stereocenters. The van der Waals surface area contributed by atoms with Crippen LogP contribution in [0, 0.1) is 6.92 Å². The van der Waals surface area contributed by atoms with Gasteiger partial charge in [0.15, 0.2) is 10.6 Å². The van der Waals surface area contributed by atoms with Gasteiger partial charge >= 0.3 is 5.91 Å². The Bertz CT molecular complexity index is 1130. The lowest BCUT2D eigenvalue weighted by molar-refractivity contribution is 0.0973. The topological polar surface area (TPSA) is 47.5 Å². The molecule has 2 heterocycles. The fourth-order valence-electron chi connectivity index (χ4n) is 2.74. The number of amides is 1. The van der Waals surface area contributed by atoms with Crippen LogP contribution in [0.5, 0.6) is 0 Å². The number of fused-ring (bicyclic) bond motifs is 2. The number of rotatable bonds is 1. The van der Waals surface area contributed by atoms with E-state index in [4.69, 9.17) is 16.0 Å². The Balaban J connectivity index is 1.85. The monoisotopic (exact) mass is 356 g/mol. The number of carbonyl (C=O) groups is 1. The third kappa shape index (κ3) is 2.37. The summed E-state index contributed by atoms with van der Waals surface area (Å²) >= 11 is 7.65. The summed E-state index contributed by atoms with van der Waals surface area (Å²) < 4.78 is 8.52. The van der Waals surface area contributed by atoms with Gasteiger partial charge in [-0.1, -0.05) is 41.1 Å². The van der Waals surface area contributed by atoms with Crippen LogP contribution in [0.2, 0.25) is 5.02 Å². The van der Waals surface area contributed by atoms with Gasteiger partial charge in [0.05, 0.1) is 10.2 Å². The first-order valence-corrected chi connectivity index (χ1v) is 8.56. The lowest BCUT2D eigenvalue weighted by Gasteiger charge is -2.01. The molecule has 0 aliphatic carbocycles. The van der Waals surface area contributed by atoms with Crippen LogP contribution in [-0.2, 0) is 7.05 Å². The number of aromatic nitrogens is 1. The minimum atomic E-state index is -0.392. The van der Waals surface area contributed by atoms with E-state index in [-0.39, 0.29) is 5.76 Å². The van der Waals surface area contributed by atoms with Gasteiger partial charge in [0, 0.05) is 17.5 Å². The quantitative estimate of drug-likeness (QED) is 0.496. The number of aryl methyl sites for hydroxylation is 2. The van der Waals surface area contributed by atoms with Crippen molar-refractivity contribution in [2.75, 3.05) is 0 Å². The Morgan fingerprint density at radius 3 is 2.83 bits per heavy atom. The smallest absolute Gasteiger partial charge is 0.315 e. The molecule has 2 aromatic carbocycles. The van der Waals surface area contributed by atoms with Gasteiger partial charge in [0.25, 0.3) is 0 Å². The fourth-order valence-corrected chi connectivity index (χ4v) is 3.97. The highest BCUT2D eigenvalue weighted by molar-refractivity contribution is 7.16. The molecule has 120 valence electrons. The Morgan fingerprint density at radius 2 is 2.04 bits per heavy atom. The number of hydrogen-bond acceptors (Lipinski definition) is 3. The highest BCUT2D eigenvalue weighted by Crippen LogP contribution is 2.26. The second-order valence-electron chi connectivity index (χ2n) is 5.53. The third-order valence-corrected chi connectivity index (χ3v) is 5.49. The van der Waals surface area contributed by atoms with Gasteiger partial charge in [-0.25, -0.2) is 0 Å². The standard InChI is InChI=1S/C18H13ClN2O2S/c1-10-12(19)7-8-15-16(10)21(2)18(24-15)20-17(22)14-9-11-5-3-4-6-13(11)23-14/h3-9H,1-2H3. The zero-order valence-corrected chi connectivity index (χ0v) is 14.6. The van der Waals surface area contributed by atoms with Crippen molar-refractivity contribution in [2.24, 2.45) is 12.0 Å². The zero-order chi connectivity index (χ0) is 16.8. The van der Waals surface area contributed by atoms with Crippen molar-refractivity contribution in [3.05, 3.63) is 63.6 Å². The van der Waals surface area contributed by atoms with Gasteiger partial charge < -0.3 is 8.98 Å². The van der Waals surface area contributed by atoms with E-state index >= 15 is 0 Å². The summed E-state index contributed by atoms with van der Waals surface area (Å²) in [6.45, 7) is 1.96. The van der Waals surface area contributed by atoms with E-state index in [0.29, 0.717) is 15.4 Å². The second-order valence-corrected chi connectivity index (χ2v) is 6.94. The van der Waals surface area contributed by atoms with Crippen LogP contribution in [0.4, 0.5) is 0 Å². The van der Waals surface area contributed by atoms with Crippen molar-refractivity contribution in [1.82, 2.24) is 4.57 Å². The molecule has 0 bridgehead atoms. The number of thiazole rings is 1. The van der Waals surface area contributed by atoms with Gasteiger partial charge in [0.2, 0.25) is 0 Å². The van der Waals surface area contributed by atoms with E-state index < -0.39 is 5.91 Å². The Labute approximate surface area is 146 Å². The molecule has 0 fully saturated rings. The molecule has 24 heavy (non-hydrogen) atoms. The van der Waals surface area contributed by atoms with E-state index in [1.807, 2.05) is 54.9 Å². The van der Waals surface area contributed by atoms with Gasteiger partial charge in [-0.05, 0) is 36.8 Å². The molecule has 4 aromatic rings. The molecule has 0 saturated carbocycles. The predicted molar refractivity (Wildman–Crippen MR) is 96.7 cm³/mol. The van der Waals surface area contributed by atoms with Crippen molar-refractivity contribution in [3.8, 4) is 0 Å². The average molecular weight is 357 g/mol. The maximum atomic E-state index is 12.5. The maximum Gasteiger partial charge on any atom is 0.315 e. The van der Waals surface area contributed by atoms with Crippen molar-refractivity contribution >= 4 is 50.0 Å². The molecule has 0 radical (unpaired) electrons. The number of furan rings is 1. The Kier molecular flexibility index (Phi) is 3.55. The zero-order valence-electron chi connectivity index (χ0n) is 13.0. The highest BCUT2D eigenvalue weighted by Gasteiger charge is 2.13. The van der Waals surface area contributed by atoms with Crippen molar-refractivity contribution in [3.63, 3.8) is 0 Å². The van der Waals surface area contributed by atoms with Gasteiger partial charge in [-0.2, -0.15) is 4.99 Å². The first-order valence-electron chi connectivity index (χ1n) is 7.37. The number of benzene rings is 2. The lowest BCUT2D eigenvalue weighted by atomic mass is 10.2. The fraction of sp³-hybridized carbons (Fsp3) is 0.111. The summed E-state index contributed by atoms with van der Waals surface area (Å²) in [5.41, 5.74) is 2.65. The van der Waals surface area contributed by atoms with Crippen LogP contribution in [0.1, 0.15) is 16.1 Å². The predicted octanol–water partition coefficient (Wildman–Crippen LogP) is 4.69. The van der Waals surface area contributed by atoms with E-state index in [9.17, 15) is 4.79 Å². The molecule has 0 spiro atoms. The maximum absolute atomic E-state index is 12.5. The molecular formula is C18H13ClN2O2S. The molecule has 0 saturated heterocycles. The summed E-state index contributed by atoms with van der Waals surface area (Å²) in [5, 5.41) is 1.59. The van der Waals surface area contributed by atoms with E-state index in [0.717, 1.165) is 21.2 Å². The number of nitrogens with zero attached hydrogens (tertiary/aromatic N) is 2. The van der Waals surface area contributed by atoms with E-state index in [1.54, 1.807) is 6.07 Å². The molecule has 0 aliphatic rings. The molecule has 1 amide bonds. The van der Waals surface area contributed by atoms with Gasteiger partial charge in [-0.15, -0.1) is 0 Å². The molecule has 4 rings (SSSR count). The first-order chi connectivity index (χ1) is 11.5. The summed E-state index contributed by atoms with van der Waals surface area (Å²) in [6, 6.07) is 13.0. The summed E-state index contributed by atoms with van der Waals surface area (Å²) in [7, 11) is 1.88.